The van der Waals surface area contributed by atoms with Crippen LogP contribution in [0.1, 0.15) is 44.8 Å². The van der Waals surface area contributed by atoms with Crippen molar-refractivity contribution >= 4 is 40.7 Å². The SMILES string of the molecule is CC(NC(=O)c1ccc(Cl)cc1)c1ccc2c(c1)CC(F)CN2C(=O)c1cccc(Cl)c1. The number of carbonyl (C=O) groups is 2. The van der Waals surface area contributed by atoms with Crippen LogP contribution in [0.2, 0.25) is 10.0 Å². The molecule has 0 radical (unpaired) electrons. The van der Waals surface area contributed by atoms with Crippen LogP contribution in [0.5, 0.6) is 0 Å². The molecule has 2 amide bonds. The number of halogens is 3. The van der Waals surface area contributed by atoms with Gasteiger partial charge in [0, 0.05) is 33.3 Å². The van der Waals surface area contributed by atoms with E-state index in [1.54, 1.807) is 48.5 Å². The van der Waals surface area contributed by atoms with Crippen molar-refractivity contribution in [2.75, 3.05) is 11.4 Å². The number of alkyl halides is 1. The Labute approximate surface area is 195 Å². The van der Waals surface area contributed by atoms with Crippen LogP contribution in [-0.4, -0.2) is 24.5 Å². The van der Waals surface area contributed by atoms with Gasteiger partial charge in [-0.1, -0.05) is 41.4 Å². The van der Waals surface area contributed by atoms with E-state index in [1.165, 1.54) is 4.90 Å². The van der Waals surface area contributed by atoms with Crippen molar-refractivity contribution < 1.29 is 14.0 Å². The third kappa shape index (κ3) is 4.79. The Balaban J connectivity index is 1.56. The quantitative estimate of drug-likeness (QED) is 0.506. The van der Waals surface area contributed by atoms with E-state index >= 15 is 0 Å². The maximum atomic E-state index is 14.6. The fourth-order valence-corrected chi connectivity index (χ4v) is 4.15. The molecule has 164 valence electrons. The number of rotatable bonds is 4. The molecule has 0 spiro atoms. The van der Waals surface area contributed by atoms with Gasteiger partial charge in [-0.15, -0.1) is 0 Å². The van der Waals surface area contributed by atoms with E-state index in [-0.39, 0.29) is 30.8 Å². The minimum absolute atomic E-state index is 0.0133. The monoisotopic (exact) mass is 470 g/mol. The Morgan fingerprint density at radius 3 is 2.47 bits per heavy atom. The van der Waals surface area contributed by atoms with Gasteiger partial charge in [-0.05, 0) is 66.6 Å². The molecule has 3 aromatic carbocycles. The molecule has 2 atom stereocenters. The number of hydrogen-bond donors (Lipinski definition) is 1. The van der Waals surface area contributed by atoms with Gasteiger partial charge in [-0.2, -0.15) is 0 Å². The molecular formula is C25H21Cl2FN2O2. The lowest BCUT2D eigenvalue weighted by Gasteiger charge is -2.32. The molecule has 3 aromatic rings. The van der Waals surface area contributed by atoms with Gasteiger partial charge in [0.1, 0.15) is 6.17 Å². The molecule has 1 heterocycles. The van der Waals surface area contributed by atoms with Crippen LogP contribution in [0.15, 0.2) is 66.7 Å². The molecule has 4 nitrogen and oxygen atoms in total. The maximum absolute atomic E-state index is 14.6. The highest BCUT2D eigenvalue weighted by atomic mass is 35.5. The van der Waals surface area contributed by atoms with Crippen molar-refractivity contribution in [1.29, 1.82) is 0 Å². The number of hydrogen-bond acceptors (Lipinski definition) is 2. The molecule has 0 saturated heterocycles. The molecule has 0 bridgehead atoms. The van der Waals surface area contributed by atoms with Gasteiger partial charge >= 0.3 is 0 Å². The Morgan fingerprint density at radius 2 is 1.75 bits per heavy atom. The molecule has 0 aromatic heterocycles. The molecule has 2 unspecified atom stereocenters. The first-order valence-corrected chi connectivity index (χ1v) is 11.0. The zero-order valence-electron chi connectivity index (χ0n) is 17.3. The molecule has 0 fully saturated rings. The minimum Gasteiger partial charge on any atom is -0.346 e. The molecule has 32 heavy (non-hydrogen) atoms. The first-order valence-electron chi connectivity index (χ1n) is 10.2. The van der Waals surface area contributed by atoms with E-state index in [4.69, 9.17) is 23.2 Å². The van der Waals surface area contributed by atoms with Crippen LogP contribution in [-0.2, 0) is 6.42 Å². The van der Waals surface area contributed by atoms with Gasteiger partial charge in [0.2, 0.25) is 0 Å². The highest BCUT2D eigenvalue weighted by Gasteiger charge is 2.30. The second kappa shape index (κ2) is 9.31. The highest BCUT2D eigenvalue weighted by Crippen LogP contribution is 2.32. The maximum Gasteiger partial charge on any atom is 0.258 e. The molecule has 0 aliphatic carbocycles. The van der Waals surface area contributed by atoms with E-state index in [9.17, 15) is 14.0 Å². The number of nitrogens with zero attached hydrogens (tertiary/aromatic N) is 1. The summed E-state index contributed by atoms with van der Waals surface area (Å²) in [6, 6.07) is 18.5. The molecule has 1 aliphatic rings. The summed E-state index contributed by atoms with van der Waals surface area (Å²) in [5, 5.41) is 3.95. The van der Waals surface area contributed by atoms with Gasteiger partial charge in [0.05, 0.1) is 12.6 Å². The van der Waals surface area contributed by atoms with Gasteiger partial charge in [0.25, 0.3) is 11.8 Å². The summed E-state index contributed by atoms with van der Waals surface area (Å²) < 4.78 is 14.6. The van der Waals surface area contributed by atoms with Crippen LogP contribution in [0.3, 0.4) is 0 Å². The summed E-state index contributed by atoms with van der Waals surface area (Å²) in [5.74, 6) is -0.527. The first-order chi connectivity index (χ1) is 15.3. The summed E-state index contributed by atoms with van der Waals surface area (Å²) >= 11 is 11.9. The van der Waals surface area contributed by atoms with Gasteiger partial charge in [-0.3, -0.25) is 9.59 Å². The predicted molar refractivity (Wildman–Crippen MR) is 126 cm³/mol. The Morgan fingerprint density at radius 1 is 1.00 bits per heavy atom. The number of anilines is 1. The van der Waals surface area contributed by atoms with Crippen LogP contribution < -0.4 is 10.2 Å². The van der Waals surface area contributed by atoms with Crippen LogP contribution in [0.25, 0.3) is 0 Å². The van der Waals surface area contributed by atoms with Gasteiger partial charge in [0.15, 0.2) is 0 Å². The number of amides is 2. The fraction of sp³-hybridized carbons (Fsp3) is 0.200. The summed E-state index contributed by atoms with van der Waals surface area (Å²) in [7, 11) is 0. The van der Waals surface area contributed by atoms with Crippen molar-refractivity contribution in [2.45, 2.75) is 25.6 Å². The lowest BCUT2D eigenvalue weighted by Crippen LogP contribution is -2.41. The molecule has 7 heteroatoms. The minimum atomic E-state index is -1.18. The Hall–Kier alpha value is -2.89. The first kappa shape index (κ1) is 22.3. The zero-order chi connectivity index (χ0) is 22.8. The zero-order valence-corrected chi connectivity index (χ0v) is 18.8. The number of nitrogens with one attached hydrogen (secondary N) is 1. The number of fused-ring (bicyclic) bond motifs is 1. The lowest BCUT2D eigenvalue weighted by molar-refractivity contribution is 0.0938. The molecule has 0 saturated carbocycles. The topological polar surface area (TPSA) is 49.4 Å². The van der Waals surface area contributed by atoms with Crippen molar-refractivity contribution in [3.63, 3.8) is 0 Å². The third-order valence-corrected chi connectivity index (χ3v) is 5.97. The smallest absolute Gasteiger partial charge is 0.258 e. The van der Waals surface area contributed by atoms with E-state index in [0.29, 0.717) is 26.9 Å². The summed E-state index contributed by atoms with van der Waals surface area (Å²) in [6.45, 7) is 1.85. The number of carbonyl (C=O) groups excluding carboxylic acids is 2. The van der Waals surface area contributed by atoms with Gasteiger partial charge < -0.3 is 10.2 Å². The van der Waals surface area contributed by atoms with Crippen LogP contribution >= 0.6 is 23.2 Å². The van der Waals surface area contributed by atoms with E-state index < -0.39 is 6.17 Å². The summed E-state index contributed by atoms with van der Waals surface area (Å²) in [6.07, 6.45) is -0.972. The van der Waals surface area contributed by atoms with Crippen molar-refractivity contribution in [2.24, 2.45) is 0 Å². The normalized spacial score (nSPS) is 16.2. The highest BCUT2D eigenvalue weighted by molar-refractivity contribution is 6.31. The largest absolute Gasteiger partial charge is 0.346 e. The Kier molecular flexibility index (Phi) is 6.49. The second-order valence-corrected chi connectivity index (χ2v) is 8.69. The third-order valence-electron chi connectivity index (χ3n) is 5.49. The standard InChI is InChI=1S/C25H21Cl2FN2O2/c1-15(29-24(31)16-5-8-20(26)9-6-16)17-7-10-23-19(11-17)13-22(28)14-30(23)25(32)18-3-2-4-21(27)12-18/h2-12,15,22H,13-14H2,1H3,(H,29,31). The average Bonchev–Trinajstić information content (AvgIpc) is 2.78. The fourth-order valence-electron chi connectivity index (χ4n) is 3.84. The van der Waals surface area contributed by atoms with Gasteiger partial charge in [-0.25, -0.2) is 4.39 Å². The Bertz CT molecular complexity index is 1170. The van der Waals surface area contributed by atoms with E-state index in [0.717, 1.165) is 11.1 Å². The molecule has 4 rings (SSSR count). The summed E-state index contributed by atoms with van der Waals surface area (Å²) in [5.41, 5.74) is 3.13. The van der Waals surface area contributed by atoms with Crippen molar-refractivity contribution in [1.82, 2.24) is 5.32 Å². The molecule has 1 aliphatic heterocycles. The summed E-state index contributed by atoms with van der Waals surface area (Å²) in [4.78, 5) is 27.0. The van der Waals surface area contributed by atoms with E-state index in [2.05, 4.69) is 5.32 Å². The molecule has 1 N–H and O–H groups in total. The van der Waals surface area contributed by atoms with Crippen molar-refractivity contribution in [3.05, 3.63) is 99.0 Å². The van der Waals surface area contributed by atoms with Crippen molar-refractivity contribution in [3.8, 4) is 0 Å². The number of benzene rings is 3. The predicted octanol–water partition coefficient (Wildman–Crippen LogP) is 6.03. The lowest BCUT2D eigenvalue weighted by atomic mass is 9.95. The van der Waals surface area contributed by atoms with Crippen LogP contribution in [0, 0.1) is 0 Å². The molecular weight excluding hydrogens is 450 g/mol. The van der Waals surface area contributed by atoms with E-state index in [1.807, 2.05) is 25.1 Å². The second-order valence-electron chi connectivity index (χ2n) is 7.82. The van der Waals surface area contributed by atoms with Crippen LogP contribution in [0.4, 0.5) is 10.1 Å². The average molecular weight is 471 g/mol.